The molecule has 0 spiro atoms. The number of aromatic nitrogens is 3. The molecular formula is C26H35N5O3S. The van der Waals surface area contributed by atoms with Crippen molar-refractivity contribution in [3.8, 4) is 11.4 Å². The largest absolute Gasteiger partial charge is 0.469 e. The van der Waals surface area contributed by atoms with Crippen molar-refractivity contribution in [2.45, 2.75) is 46.3 Å². The van der Waals surface area contributed by atoms with Crippen molar-refractivity contribution < 1.29 is 13.9 Å². The average Bonchev–Trinajstić information content (AvgIpc) is 3.43. The molecule has 0 aliphatic carbocycles. The number of hydrogen-bond acceptors (Lipinski definition) is 6. The first kappa shape index (κ1) is 25.3. The summed E-state index contributed by atoms with van der Waals surface area (Å²) in [7, 11) is 0. The number of aryl methyl sites for hydroxylation is 1. The third-order valence-corrected chi connectivity index (χ3v) is 6.90. The van der Waals surface area contributed by atoms with Crippen LogP contribution in [0.3, 0.4) is 0 Å². The minimum Gasteiger partial charge on any atom is -0.469 e. The number of piperidine rings is 1. The van der Waals surface area contributed by atoms with Gasteiger partial charge in [0.2, 0.25) is 5.91 Å². The Morgan fingerprint density at radius 2 is 2.00 bits per heavy atom. The van der Waals surface area contributed by atoms with Crippen LogP contribution in [-0.2, 0) is 22.7 Å². The highest BCUT2D eigenvalue weighted by Gasteiger charge is 2.26. The van der Waals surface area contributed by atoms with Crippen LogP contribution in [0, 0.1) is 17.6 Å². The number of ether oxygens (including phenoxy) is 1. The molecule has 2 aromatic heterocycles. The Hall–Kier alpha value is -2.75. The summed E-state index contributed by atoms with van der Waals surface area (Å²) < 4.78 is 15.5. The lowest BCUT2D eigenvalue weighted by atomic mass is 9.96. The third kappa shape index (κ3) is 6.48. The lowest BCUT2D eigenvalue weighted by Crippen LogP contribution is -2.41. The van der Waals surface area contributed by atoms with Gasteiger partial charge in [0.15, 0.2) is 10.6 Å². The molecular weight excluding hydrogens is 462 g/mol. The van der Waals surface area contributed by atoms with Gasteiger partial charge in [-0.25, -0.2) is 4.68 Å². The summed E-state index contributed by atoms with van der Waals surface area (Å²) in [5, 5.41) is 7.96. The number of nitrogens with zero attached hydrogens (tertiary/aromatic N) is 4. The van der Waals surface area contributed by atoms with E-state index in [1.165, 1.54) is 5.56 Å². The Morgan fingerprint density at radius 1 is 1.23 bits per heavy atom. The Morgan fingerprint density at radius 3 is 2.69 bits per heavy atom. The van der Waals surface area contributed by atoms with Crippen LogP contribution >= 0.6 is 12.2 Å². The smallest absolute Gasteiger partial charge is 0.223 e. The molecule has 0 atom stereocenters. The standard InChI is InChI=1S/C26H35N5O3S/c1-3-33-16-7-13-27-25(32)22-10-14-29(15-11-22)19-31-26(35)30(18-21-8-5-4-6-9-21)24(28-31)23-12-17-34-20(23)2/h4-6,8-9,12,17,22H,3,7,10-11,13-16,18-19H2,1-2H3,(H,27,32). The Labute approximate surface area is 211 Å². The SMILES string of the molecule is CCOCCCNC(=O)C1CCN(Cn2nc(-c3ccoc3C)n(Cc3ccccc3)c2=S)CC1. The average molecular weight is 498 g/mol. The van der Waals surface area contributed by atoms with Crippen LogP contribution in [0.5, 0.6) is 0 Å². The first-order chi connectivity index (χ1) is 17.1. The maximum atomic E-state index is 12.5. The monoisotopic (exact) mass is 497 g/mol. The van der Waals surface area contributed by atoms with E-state index in [1.807, 2.05) is 42.8 Å². The Kier molecular flexibility index (Phi) is 8.90. The van der Waals surface area contributed by atoms with E-state index in [9.17, 15) is 4.79 Å². The minimum absolute atomic E-state index is 0.0612. The van der Waals surface area contributed by atoms with E-state index in [2.05, 4.69) is 26.9 Å². The lowest BCUT2D eigenvalue weighted by molar-refractivity contribution is -0.126. The maximum Gasteiger partial charge on any atom is 0.223 e. The number of amides is 1. The second kappa shape index (κ2) is 12.3. The number of carbonyl (C=O) groups is 1. The van der Waals surface area contributed by atoms with Crippen LogP contribution < -0.4 is 5.32 Å². The predicted molar refractivity (Wildman–Crippen MR) is 137 cm³/mol. The van der Waals surface area contributed by atoms with E-state index >= 15 is 0 Å². The van der Waals surface area contributed by atoms with E-state index in [4.69, 9.17) is 26.5 Å². The second-order valence-corrected chi connectivity index (χ2v) is 9.31. The zero-order valence-electron chi connectivity index (χ0n) is 20.6. The summed E-state index contributed by atoms with van der Waals surface area (Å²) >= 11 is 5.87. The molecule has 1 aliphatic heterocycles. The molecule has 8 nitrogen and oxygen atoms in total. The highest BCUT2D eigenvalue weighted by molar-refractivity contribution is 7.71. The van der Waals surface area contributed by atoms with Gasteiger partial charge in [-0.15, -0.1) is 0 Å². The first-order valence-electron chi connectivity index (χ1n) is 12.4. The summed E-state index contributed by atoms with van der Waals surface area (Å²) in [6.07, 6.45) is 4.21. The fourth-order valence-corrected chi connectivity index (χ4v) is 4.71. The fraction of sp³-hybridized carbons (Fsp3) is 0.500. The lowest BCUT2D eigenvalue weighted by Gasteiger charge is -2.30. The molecule has 0 unspecified atom stereocenters. The summed E-state index contributed by atoms with van der Waals surface area (Å²) in [5.41, 5.74) is 2.11. The van der Waals surface area contributed by atoms with Gasteiger partial charge in [-0.1, -0.05) is 30.3 Å². The molecule has 0 bridgehead atoms. The zero-order valence-corrected chi connectivity index (χ0v) is 21.4. The predicted octanol–water partition coefficient (Wildman–Crippen LogP) is 4.24. The van der Waals surface area contributed by atoms with Crippen molar-refractivity contribution in [3.63, 3.8) is 0 Å². The van der Waals surface area contributed by atoms with Crippen molar-refractivity contribution >= 4 is 18.1 Å². The quantitative estimate of drug-likeness (QED) is 0.315. The molecule has 1 amide bonds. The maximum absolute atomic E-state index is 12.5. The van der Waals surface area contributed by atoms with Crippen LogP contribution in [0.2, 0.25) is 0 Å². The molecule has 0 saturated carbocycles. The van der Waals surface area contributed by atoms with Gasteiger partial charge < -0.3 is 14.5 Å². The molecule has 188 valence electrons. The summed E-state index contributed by atoms with van der Waals surface area (Å²) in [4.78, 5) is 14.8. The second-order valence-electron chi connectivity index (χ2n) is 8.94. The number of furan rings is 1. The van der Waals surface area contributed by atoms with Crippen molar-refractivity contribution in [1.82, 2.24) is 24.6 Å². The van der Waals surface area contributed by atoms with Gasteiger partial charge in [0, 0.05) is 38.8 Å². The fourth-order valence-electron chi connectivity index (χ4n) is 4.46. The Balaban J connectivity index is 1.40. The summed E-state index contributed by atoms with van der Waals surface area (Å²) in [5.74, 6) is 1.85. The van der Waals surface area contributed by atoms with Gasteiger partial charge in [-0.2, -0.15) is 5.10 Å². The van der Waals surface area contributed by atoms with E-state index in [0.29, 0.717) is 37.7 Å². The summed E-state index contributed by atoms with van der Waals surface area (Å²) in [6.45, 7) is 8.91. The van der Waals surface area contributed by atoms with E-state index in [-0.39, 0.29) is 11.8 Å². The molecule has 3 heterocycles. The van der Waals surface area contributed by atoms with Gasteiger partial charge in [0.05, 0.1) is 25.0 Å². The van der Waals surface area contributed by atoms with Crippen LogP contribution in [-0.4, -0.2) is 58.0 Å². The van der Waals surface area contributed by atoms with Crippen LogP contribution in [0.1, 0.15) is 37.5 Å². The van der Waals surface area contributed by atoms with Crippen LogP contribution in [0.4, 0.5) is 0 Å². The van der Waals surface area contributed by atoms with Crippen LogP contribution in [0.25, 0.3) is 11.4 Å². The highest BCUT2D eigenvalue weighted by Crippen LogP contribution is 2.25. The normalized spacial score (nSPS) is 14.9. The number of hydrogen-bond donors (Lipinski definition) is 1. The van der Waals surface area contributed by atoms with Crippen molar-refractivity contribution in [1.29, 1.82) is 0 Å². The number of likely N-dealkylation sites (tertiary alicyclic amines) is 1. The van der Waals surface area contributed by atoms with Gasteiger partial charge in [0.1, 0.15) is 5.76 Å². The van der Waals surface area contributed by atoms with Gasteiger partial charge in [0.25, 0.3) is 0 Å². The molecule has 1 N–H and O–H groups in total. The molecule has 4 rings (SSSR count). The molecule has 0 radical (unpaired) electrons. The molecule has 1 aliphatic rings. The van der Waals surface area contributed by atoms with Gasteiger partial charge in [-0.3, -0.25) is 14.3 Å². The van der Waals surface area contributed by atoms with Gasteiger partial charge in [-0.05, 0) is 57.0 Å². The third-order valence-electron chi connectivity index (χ3n) is 6.47. The van der Waals surface area contributed by atoms with Crippen molar-refractivity contribution in [2.75, 3.05) is 32.8 Å². The Bertz CT molecular complexity index is 1150. The number of benzene rings is 1. The zero-order chi connectivity index (χ0) is 24.6. The molecule has 1 fully saturated rings. The molecule has 3 aromatic rings. The number of rotatable bonds is 11. The van der Waals surface area contributed by atoms with E-state index in [1.54, 1.807) is 6.26 Å². The van der Waals surface area contributed by atoms with E-state index in [0.717, 1.165) is 49.5 Å². The molecule has 9 heteroatoms. The minimum atomic E-state index is 0.0612. The van der Waals surface area contributed by atoms with Crippen molar-refractivity contribution in [3.05, 3.63) is 58.8 Å². The highest BCUT2D eigenvalue weighted by atomic mass is 32.1. The van der Waals surface area contributed by atoms with E-state index < -0.39 is 0 Å². The molecule has 35 heavy (non-hydrogen) atoms. The first-order valence-corrected chi connectivity index (χ1v) is 12.8. The van der Waals surface area contributed by atoms with Crippen molar-refractivity contribution in [2.24, 2.45) is 5.92 Å². The molecule has 1 saturated heterocycles. The summed E-state index contributed by atoms with van der Waals surface area (Å²) in [6, 6.07) is 12.2. The topological polar surface area (TPSA) is 77.5 Å². The van der Waals surface area contributed by atoms with Crippen LogP contribution in [0.15, 0.2) is 47.1 Å². The van der Waals surface area contributed by atoms with Gasteiger partial charge >= 0.3 is 0 Å². The number of nitrogens with one attached hydrogen (secondary N) is 1. The number of carbonyl (C=O) groups excluding carboxylic acids is 1. The molecule has 1 aromatic carbocycles.